The molecule has 1 aliphatic rings. The fourth-order valence-electron chi connectivity index (χ4n) is 1.90. The molecule has 5 nitrogen and oxygen atoms in total. The van der Waals surface area contributed by atoms with Gasteiger partial charge >= 0.3 is 0 Å². The molecule has 0 N–H and O–H groups in total. The molecule has 2 heterocycles. The van der Waals surface area contributed by atoms with Crippen LogP contribution in [-0.2, 0) is 6.54 Å². The van der Waals surface area contributed by atoms with Crippen molar-refractivity contribution in [3.63, 3.8) is 0 Å². The normalized spacial score (nSPS) is 22.8. The van der Waals surface area contributed by atoms with Crippen LogP contribution in [0, 0.1) is 5.92 Å². The summed E-state index contributed by atoms with van der Waals surface area (Å²) < 4.78 is 1.76. The minimum atomic E-state index is 0.413. The molecule has 0 aliphatic carbocycles. The maximum Gasteiger partial charge on any atom is 0.171 e. The van der Waals surface area contributed by atoms with Crippen molar-refractivity contribution in [2.75, 3.05) is 20.1 Å². The summed E-state index contributed by atoms with van der Waals surface area (Å²) in [6.07, 6.45) is 3.63. The number of aromatic nitrogens is 3. The third-order valence-electron chi connectivity index (χ3n) is 2.61. The van der Waals surface area contributed by atoms with E-state index in [1.54, 1.807) is 10.9 Å². The maximum absolute atomic E-state index is 10.4. The van der Waals surface area contributed by atoms with Crippen LogP contribution in [0.1, 0.15) is 16.9 Å². The lowest BCUT2D eigenvalue weighted by atomic mass is 10.1. The number of carbonyl (C=O) groups is 1. The summed E-state index contributed by atoms with van der Waals surface area (Å²) >= 11 is 0. The molecule has 1 aromatic rings. The first-order valence-electron chi connectivity index (χ1n) is 4.82. The van der Waals surface area contributed by atoms with Crippen molar-refractivity contribution in [1.82, 2.24) is 19.9 Å². The fraction of sp³-hybridized carbons (Fsp3) is 0.667. The van der Waals surface area contributed by atoms with E-state index in [0.717, 1.165) is 25.9 Å². The lowest BCUT2D eigenvalue weighted by molar-refractivity contribution is 0.111. The van der Waals surface area contributed by atoms with Crippen molar-refractivity contribution >= 4 is 6.29 Å². The van der Waals surface area contributed by atoms with Gasteiger partial charge in [-0.2, -0.15) is 0 Å². The van der Waals surface area contributed by atoms with Gasteiger partial charge in [0.25, 0.3) is 0 Å². The van der Waals surface area contributed by atoms with Gasteiger partial charge in [-0.25, -0.2) is 0 Å². The third kappa shape index (κ3) is 1.98. The van der Waals surface area contributed by atoms with Crippen LogP contribution in [0.25, 0.3) is 0 Å². The van der Waals surface area contributed by atoms with E-state index < -0.39 is 0 Å². The Morgan fingerprint density at radius 1 is 1.71 bits per heavy atom. The summed E-state index contributed by atoms with van der Waals surface area (Å²) in [5, 5.41) is 7.62. The number of hydrogen-bond acceptors (Lipinski definition) is 4. The van der Waals surface area contributed by atoms with E-state index >= 15 is 0 Å². The third-order valence-corrected chi connectivity index (χ3v) is 2.61. The molecule has 1 fully saturated rings. The predicted molar refractivity (Wildman–Crippen MR) is 51.0 cm³/mol. The minimum absolute atomic E-state index is 0.413. The molecule has 1 aromatic heterocycles. The molecule has 2 rings (SSSR count). The average molecular weight is 194 g/mol. The molecule has 0 amide bonds. The molecule has 1 atom stereocenters. The molecule has 0 saturated carbocycles. The second-order valence-corrected chi connectivity index (χ2v) is 3.90. The van der Waals surface area contributed by atoms with Gasteiger partial charge in [-0.1, -0.05) is 5.21 Å². The Morgan fingerprint density at radius 2 is 2.57 bits per heavy atom. The van der Waals surface area contributed by atoms with Crippen LogP contribution in [-0.4, -0.2) is 46.3 Å². The summed E-state index contributed by atoms with van der Waals surface area (Å²) in [6, 6.07) is 0. The van der Waals surface area contributed by atoms with Crippen molar-refractivity contribution in [3.05, 3.63) is 11.9 Å². The van der Waals surface area contributed by atoms with E-state index in [2.05, 4.69) is 22.3 Å². The maximum atomic E-state index is 10.4. The summed E-state index contributed by atoms with van der Waals surface area (Å²) in [5.41, 5.74) is 0.413. The Balaban J connectivity index is 1.93. The van der Waals surface area contributed by atoms with Crippen molar-refractivity contribution in [2.45, 2.75) is 13.0 Å². The summed E-state index contributed by atoms with van der Waals surface area (Å²) in [7, 11) is 2.12. The van der Waals surface area contributed by atoms with E-state index in [4.69, 9.17) is 0 Å². The van der Waals surface area contributed by atoms with Gasteiger partial charge in [0.05, 0.1) is 6.20 Å². The molecular formula is C9H14N4O. The Hall–Kier alpha value is -1.23. The highest BCUT2D eigenvalue weighted by atomic mass is 16.1. The Morgan fingerprint density at radius 3 is 3.14 bits per heavy atom. The van der Waals surface area contributed by atoms with Gasteiger partial charge in [-0.15, -0.1) is 5.10 Å². The first-order valence-corrected chi connectivity index (χ1v) is 4.82. The summed E-state index contributed by atoms with van der Waals surface area (Å²) in [6.45, 7) is 3.13. The topological polar surface area (TPSA) is 51.0 Å². The van der Waals surface area contributed by atoms with Gasteiger partial charge in [0.15, 0.2) is 6.29 Å². The SMILES string of the molecule is CN1CCC(Cn2cc(C=O)nn2)C1. The molecule has 1 unspecified atom stereocenters. The first-order chi connectivity index (χ1) is 6.78. The number of likely N-dealkylation sites (tertiary alicyclic amines) is 1. The average Bonchev–Trinajstić information content (AvgIpc) is 2.76. The van der Waals surface area contributed by atoms with Crippen LogP contribution < -0.4 is 0 Å². The number of carbonyl (C=O) groups excluding carboxylic acids is 1. The molecule has 0 aromatic carbocycles. The Bertz CT molecular complexity index is 322. The summed E-state index contributed by atoms with van der Waals surface area (Å²) in [5.74, 6) is 0.640. The number of hydrogen-bond donors (Lipinski definition) is 0. The van der Waals surface area contributed by atoms with Crippen molar-refractivity contribution in [1.29, 1.82) is 0 Å². The highest BCUT2D eigenvalue weighted by Crippen LogP contribution is 2.15. The van der Waals surface area contributed by atoms with Crippen molar-refractivity contribution in [2.24, 2.45) is 5.92 Å². The van der Waals surface area contributed by atoms with E-state index in [1.165, 1.54) is 6.42 Å². The van der Waals surface area contributed by atoms with Crippen LogP contribution in [0.3, 0.4) is 0 Å². The zero-order chi connectivity index (χ0) is 9.97. The van der Waals surface area contributed by atoms with E-state index in [9.17, 15) is 4.79 Å². The molecule has 14 heavy (non-hydrogen) atoms. The van der Waals surface area contributed by atoms with Crippen LogP contribution in [0.15, 0.2) is 6.20 Å². The minimum Gasteiger partial charge on any atom is -0.306 e. The lowest BCUT2D eigenvalue weighted by Crippen LogP contribution is -2.17. The van der Waals surface area contributed by atoms with Crippen LogP contribution in [0.2, 0.25) is 0 Å². The number of aldehydes is 1. The van der Waals surface area contributed by atoms with Gasteiger partial charge in [0.1, 0.15) is 5.69 Å². The number of rotatable bonds is 3. The summed E-state index contributed by atoms with van der Waals surface area (Å²) in [4.78, 5) is 12.7. The zero-order valence-electron chi connectivity index (χ0n) is 8.26. The molecule has 0 bridgehead atoms. The standard InChI is InChI=1S/C9H14N4O/c1-12-3-2-8(4-12)5-13-6-9(7-14)10-11-13/h6-8H,2-5H2,1H3. The van der Waals surface area contributed by atoms with E-state index in [-0.39, 0.29) is 0 Å². The van der Waals surface area contributed by atoms with Crippen molar-refractivity contribution in [3.8, 4) is 0 Å². The highest BCUT2D eigenvalue weighted by Gasteiger charge is 2.20. The molecule has 76 valence electrons. The fourth-order valence-corrected chi connectivity index (χ4v) is 1.90. The molecule has 5 heteroatoms. The van der Waals surface area contributed by atoms with Gasteiger partial charge in [-0.3, -0.25) is 9.48 Å². The Kier molecular flexibility index (Phi) is 2.58. The smallest absolute Gasteiger partial charge is 0.171 e. The van der Waals surface area contributed by atoms with Gasteiger partial charge < -0.3 is 4.90 Å². The largest absolute Gasteiger partial charge is 0.306 e. The van der Waals surface area contributed by atoms with Crippen LogP contribution >= 0.6 is 0 Å². The van der Waals surface area contributed by atoms with E-state index in [1.807, 2.05) is 0 Å². The van der Waals surface area contributed by atoms with E-state index in [0.29, 0.717) is 11.6 Å². The van der Waals surface area contributed by atoms with Gasteiger partial charge in [0.2, 0.25) is 0 Å². The van der Waals surface area contributed by atoms with Crippen molar-refractivity contribution < 1.29 is 4.79 Å². The number of nitrogens with zero attached hydrogens (tertiary/aromatic N) is 4. The molecule has 1 aliphatic heterocycles. The monoisotopic (exact) mass is 194 g/mol. The second kappa shape index (κ2) is 3.88. The zero-order valence-corrected chi connectivity index (χ0v) is 8.26. The second-order valence-electron chi connectivity index (χ2n) is 3.90. The van der Waals surface area contributed by atoms with Crippen LogP contribution in [0.4, 0.5) is 0 Å². The predicted octanol–water partition coefficient (Wildman–Crippen LogP) is 0.0423. The molecular weight excluding hydrogens is 180 g/mol. The molecule has 0 spiro atoms. The lowest BCUT2D eigenvalue weighted by Gasteiger charge is -2.09. The van der Waals surface area contributed by atoms with Gasteiger partial charge in [0, 0.05) is 13.1 Å². The quantitative estimate of drug-likeness (QED) is 0.638. The van der Waals surface area contributed by atoms with Crippen LogP contribution in [0.5, 0.6) is 0 Å². The molecule has 0 radical (unpaired) electrons. The van der Waals surface area contributed by atoms with Gasteiger partial charge in [-0.05, 0) is 25.9 Å². The molecule has 1 saturated heterocycles. The first kappa shape index (κ1) is 9.33. The highest BCUT2D eigenvalue weighted by molar-refractivity contribution is 5.70. The Labute approximate surface area is 82.7 Å².